The molecule has 5 nitrogen and oxygen atoms in total. The van der Waals surface area contributed by atoms with E-state index in [0.29, 0.717) is 6.42 Å². The third-order valence-corrected chi connectivity index (χ3v) is 2.98. The second-order valence-electron chi connectivity index (χ2n) is 4.00. The highest BCUT2D eigenvalue weighted by Crippen LogP contribution is 2.25. The molecule has 0 aromatic carbocycles. The fraction of sp³-hybridized carbons (Fsp3) is 0.818. The van der Waals surface area contributed by atoms with Crippen molar-refractivity contribution in [1.82, 2.24) is 5.32 Å². The first-order valence-corrected chi connectivity index (χ1v) is 5.55. The number of hydrogen-bond donors (Lipinski definition) is 1. The Morgan fingerprint density at radius 2 is 1.88 bits per heavy atom. The van der Waals surface area contributed by atoms with Gasteiger partial charge in [0.2, 0.25) is 0 Å². The van der Waals surface area contributed by atoms with E-state index in [2.05, 4.69) is 10.1 Å². The van der Waals surface area contributed by atoms with E-state index in [1.807, 2.05) is 6.92 Å². The van der Waals surface area contributed by atoms with E-state index in [4.69, 9.17) is 4.74 Å². The molecule has 0 bridgehead atoms. The van der Waals surface area contributed by atoms with Gasteiger partial charge >= 0.3 is 11.9 Å². The van der Waals surface area contributed by atoms with E-state index in [0.717, 1.165) is 12.8 Å². The van der Waals surface area contributed by atoms with Crippen LogP contribution in [-0.2, 0) is 19.1 Å². The van der Waals surface area contributed by atoms with Crippen LogP contribution in [0.1, 0.15) is 26.2 Å². The number of esters is 2. The lowest BCUT2D eigenvalue weighted by atomic mass is 9.96. The molecule has 1 heterocycles. The molecule has 0 spiro atoms. The van der Waals surface area contributed by atoms with Gasteiger partial charge in [-0.2, -0.15) is 0 Å². The number of ether oxygens (including phenoxy) is 2. The van der Waals surface area contributed by atoms with Crippen LogP contribution in [0.5, 0.6) is 0 Å². The van der Waals surface area contributed by atoms with Crippen LogP contribution in [0.25, 0.3) is 0 Å². The van der Waals surface area contributed by atoms with E-state index < -0.39 is 0 Å². The second-order valence-corrected chi connectivity index (χ2v) is 4.00. The number of carbonyl (C=O) groups is 2. The standard InChI is InChI=1S/C11H19NO4/c1-4-5-8-7(10(13)15-2)6-9(12-8)11(14)16-3/h7-9,12H,4-6H2,1-3H3/t7-,8+,9+/m0/s1. The van der Waals surface area contributed by atoms with E-state index in [-0.39, 0.29) is 29.9 Å². The average molecular weight is 229 g/mol. The molecule has 5 heteroatoms. The van der Waals surface area contributed by atoms with Crippen molar-refractivity contribution in [2.45, 2.75) is 38.3 Å². The van der Waals surface area contributed by atoms with Gasteiger partial charge in [-0.05, 0) is 12.8 Å². The first-order chi connectivity index (χ1) is 7.63. The molecule has 0 saturated carbocycles. The zero-order valence-electron chi connectivity index (χ0n) is 9.99. The summed E-state index contributed by atoms with van der Waals surface area (Å²) in [7, 11) is 2.72. The van der Waals surface area contributed by atoms with Gasteiger partial charge in [-0.3, -0.25) is 9.59 Å². The van der Waals surface area contributed by atoms with Crippen LogP contribution in [0.3, 0.4) is 0 Å². The first-order valence-electron chi connectivity index (χ1n) is 5.55. The van der Waals surface area contributed by atoms with Gasteiger partial charge in [0, 0.05) is 6.04 Å². The van der Waals surface area contributed by atoms with E-state index in [1.165, 1.54) is 14.2 Å². The van der Waals surface area contributed by atoms with Crippen LogP contribution in [0.15, 0.2) is 0 Å². The smallest absolute Gasteiger partial charge is 0.322 e. The highest BCUT2D eigenvalue weighted by atomic mass is 16.5. The van der Waals surface area contributed by atoms with Crippen LogP contribution in [-0.4, -0.2) is 38.2 Å². The number of rotatable bonds is 4. The van der Waals surface area contributed by atoms with Crippen molar-refractivity contribution in [2.75, 3.05) is 14.2 Å². The first kappa shape index (κ1) is 13.0. The van der Waals surface area contributed by atoms with Gasteiger partial charge in [0.25, 0.3) is 0 Å². The Morgan fingerprint density at radius 3 is 2.38 bits per heavy atom. The summed E-state index contributed by atoms with van der Waals surface area (Å²) in [4.78, 5) is 22.9. The van der Waals surface area contributed by atoms with Crippen molar-refractivity contribution in [3.63, 3.8) is 0 Å². The molecule has 1 rings (SSSR count). The van der Waals surface area contributed by atoms with Gasteiger partial charge in [-0.25, -0.2) is 0 Å². The van der Waals surface area contributed by atoms with Gasteiger partial charge < -0.3 is 14.8 Å². The highest BCUT2D eigenvalue weighted by Gasteiger charge is 2.41. The average Bonchev–Trinajstić information content (AvgIpc) is 2.71. The SMILES string of the molecule is CCC[C@H]1N[C@@H](C(=O)OC)C[C@@H]1C(=O)OC. The van der Waals surface area contributed by atoms with Gasteiger partial charge in [-0.1, -0.05) is 13.3 Å². The quantitative estimate of drug-likeness (QED) is 0.710. The normalized spacial score (nSPS) is 28.8. The molecule has 92 valence electrons. The molecule has 0 aromatic heterocycles. The minimum atomic E-state index is -0.384. The maximum absolute atomic E-state index is 11.5. The molecular formula is C11H19NO4. The van der Waals surface area contributed by atoms with Crippen molar-refractivity contribution in [3.8, 4) is 0 Å². The molecule has 3 atom stereocenters. The zero-order valence-corrected chi connectivity index (χ0v) is 9.99. The molecule has 0 radical (unpaired) electrons. The molecule has 1 fully saturated rings. The monoisotopic (exact) mass is 229 g/mol. The lowest BCUT2D eigenvalue weighted by molar-refractivity contribution is -0.146. The lowest BCUT2D eigenvalue weighted by Gasteiger charge is -2.16. The van der Waals surface area contributed by atoms with E-state index >= 15 is 0 Å². The number of nitrogens with one attached hydrogen (secondary N) is 1. The Kier molecular flexibility index (Phi) is 4.73. The van der Waals surface area contributed by atoms with Crippen LogP contribution in [0.2, 0.25) is 0 Å². The minimum Gasteiger partial charge on any atom is -0.469 e. The number of carbonyl (C=O) groups excluding carboxylic acids is 2. The maximum Gasteiger partial charge on any atom is 0.322 e. The zero-order chi connectivity index (χ0) is 12.1. The van der Waals surface area contributed by atoms with Crippen LogP contribution < -0.4 is 5.32 Å². The van der Waals surface area contributed by atoms with Crippen molar-refractivity contribution in [2.24, 2.45) is 5.92 Å². The molecule has 0 amide bonds. The summed E-state index contributed by atoms with van der Waals surface area (Å²) in [5.41, 5.74) is 0. The van der Waals surface area contributed by atoms with Gasteiger partial charge in [0.1, 0.15) is 6.04 Å². The fourth-order valence-corrected chi connectivity index (χ4v) is 2.17. The summed E-state index contributed by atoms with van der Waals surface area (Å²) < 4.78 is 9.41. The minimum absolute atomic E-state index is 0.0153. The van der Waals surface area contributed by atoms with Crippen LogP contribution in [0, 0.1) is 5.92 Å². The summed E-state index contributed by atoms with van der Waals surface area (Å²) in [6.45, 7) is 2.04. The summed E-state index contributed by atoms with van der Waals surface area (Å²) in [5.74, 6) is -0.807. The molecule has 1 saturated heterocycles. The molecule has 1 aliphatic heterocycles. The van der Waals surface area contributed by atoms with Crippen molar-refractivity contribution >= 4 is 11.9 Å². The molecule has 0 aromatic rings. The number of hydrogen-bond acceptors (Lipinski definition) is 5. The fourth-order valence-electron chi connectivity index (χ4n) is 2.17. The third-order valence-electron chi connectivity index (χ3n) is 2.98. The molecule has 0 unspecified atom stereocenters. The highest BCUT2D eigenvalue weighted by molar-refractivity contribution is 5.80. The molecule has 1 N–H and O–H groups in total. The largest absolute Gasteiger partial charge is 0.469 e. The second kappa shape index (κ2) is 5.84. The molecule has 1 aliphatic rings. The summed E-state index contributed by atoms with van der Waals surface area (Å²) in [6, 6.07) is -0.368. The Morgan fingerprint density at radius 1 is 1.25 bits per heavy atom. The van der Waals surface area contributed by atoms with E-state index in [1.54, 1.807) is 0 Å². The van der Waals surface area contributed by atoms with Crippen LogP contribution >= 0.6 is 0 Å². The Hall–Kier alpha value is -1.10. The Labute approximate surface area is 95.5 Å². The van der Waals surface area contributed by atoms with Gasteiger partial charge in [0.05, 0.1) is 20.1 Å². The summed E-state index contributed by atoms with van der Waals surface area (Å²) in [6.07, 6.45) is 2.27. The third kappa shape index (κ3) is 2.72. The Balaban J connectivity index is 2.67. The number of methoxy groups -OCH3 is 2. The van der Waals surface area contributed by atoms with E-state index in [9.17, 15) is 9.59 Å². The molecule has 16 heavy (non-hydrogen) atoms. The van der Waals surface area contributed by atoms with Crippen LogP contribution in [0.4, 0.5) is 0 Å². The predicted octanol–water partition coefficient (Wildman–Crippen LogP) is 0.479. The predicted molar refractivity (Wildman–Crippen MR) is 57.8 cm³/mol. The molecule has 0 aliphatic carbocycles. The topological polar surface area (TPSA) is 64.6 Å². The summed E-state index contributed by atoms with van der Waals surface area (Å²) in [5, 5.41) is 3.13. The lowest BCUT2D eigenvalue weighted by Crippen LogP contribution is -2.37. The van der Waals surface area contributed by atoms with Crippen molar-refractivity contribution < 1.29 is 19.1 Å². The van der Waals surface area contributed by atoms with Gasteiger partial charge in [0.15, 0.2) is 0 Å². The van der Waals surface area contributed by atoms with Crippen molar-refractivity contribution in [3.05, 3.63) is 0 Å². The van der Waals surface area contributed by atoms with Gasteiger partial charge in [-0.15, -0.1) is 0 Å². The maximum atomic E-state index is 11.5. The summed E-state index contributed by atoms with van der Waals surface area (Å²) >= 11 is 0. The molecular weight excluding hydrogens is 210 g/mol. The van der Waals surface area contributed by atoms with Crippen molar-refractivity contribution in [1.29, 1.82) is 0 Å². The Bertz CT molecular complexity index is 267.